The third-order valence-corrected chi connectivity index (χ3v) is 4.64. The zero-order chi connectivity index (χ0) is 19.0. The maximum atomic E-state index is 13.6. The Morgan fingerprint density at radius 1 is 1.07 bits per heavy atom. The summed E-state index contributed by atoms with van der Waals surface area (Å²) in [6, 6.07) is 9.51. The molecular weight excluding hydrogens is 355 g/mol. The Balaban J connectivity index is 1.61. The lowest BCUT2D eigenvalue weighted by Crippen LogP contribution is -2.24. The van der Waals surface area contributed by atoms with Gasteiger partial charge < -0.3 is 5.32 Å². The maximum Gasteiger partial charge on any atom is 0.272 e. The molecular formula is C20H16F3N3O. The van der Waals surface area contributed by atoms with Crippen LogP contribution in [0.3, 0.4) is 0 Å². The number of halogens is 3. The van der Waals surface area contributed by atoms with Crippen LogP contribution in [0.15, 0.2) is 42.5 Å². The van der Waals surface area contributed by atoms with E-state index in [1.807, 2.05) is 0 Å². The van der Waals surface area contributed by atoms with Gasteiger partial charge in [-0.15, -0.1) is 0 Å². The highest BCUT2D eigenvalue weighted by Crippen LogP contribution is 2.28. The number of benzene rings is 2. The van der Waals surface area contributed by atoms with E-state index >= 15 is 0 Å². The minimum absolute atomic E-state index is 0.170. The third-order valence-electron chi connectivity index (χ3n) is 4.64. The molecule has 4 nitrogen and oxygen atoms in total. The summed E-state index contributed by atoms with van der Waals surface area (Å²) in [7, 11) is 0. The van der Waals surface area contributed by atoms with Crippen molar-refractivity contribution in [1.29, 1.82) is 0 Å². The van der Waals surface area contributed by atoms with E-state index in [1.54, 1.807) is 12.1 Å². The van der Waals surface area contributed by atoms with Gasteiger partial charge in [-0.1, -0.05) is 12.1 Å². The van der Waals surface area contributed by atoms with E-state index in [9.17, 15) is 18.0 Å². The van der Waals surface area contributed by atoms with Crippen molar-refractivity contribution in [3.05, 3.63) is 82.4 Å². The number of rotatable bonds is 4. The molecule has 3 aromatic rings. The Hall–Kier alpha value is -3.09. The Labute approximate surface area is 153 Å². The van der Waals surface area contributed by atoms with Gasteiger partial charge in [-0.3, -0.25) is 4.79 Å². The standard InChI is InChI=1S/C20H16F3N3O/c21-13-4-1-3-12(9-13)11-24-20(27)19-15-5-2-6-18(15)26(25-19)14-7-8-16(22)17(23)10-14/h1,3-4,7-10H,2,5-6,11H2,(H,24,27). The van der Waals surface area contributed by atoms with E-state index in [2.05, 4.69) is 10.4 Å². The number of amides is 1. The molecule has 0 unspecified atom stereocenters. The van der Waals surface area contributed by atoms with Crippen LogP contribution in [0, 0.1) is 17.5 Å². The minimum Gasteiger partial charge on any atom is -0.347 e. The van der Waals surface area contributed by atoms with Crippen molar-refractivity contribution in [3.63, 3.8) is 0 Å². The van der Waals surface area contributed by atoms with Gasteiger partial charge in [0.1, 0.15) is 5.82 Å². The first kappa shape index (κ1) is 17.3. The Kier molecular flexibility index (Phi) is 4.43. The fourth-order valence-corrected chi connectivity index (χ4v) is 3.36. The lowest BCUT2D eigenvalue weighted by atomic mass is 10.2. The van der Waals surface area contributed by atoms with Gasteiger partial charge in [0, 0.05) is 23.9 Å². The lowest BCUT2D eigenvalue weighted by Gasteiger charge is -2.06. The molecule has 138 valence electrons. The first-order valence-corrected chi connectivity index (χ1v) is 8.62. The molecule has 1 heterocycles. The smallest absolute Gasteiger partial charge is 0.272 e. The van der Waals surface area contributed by atoms with Crippen molar-refractivity contribution >= 4 is 5.91 Å². The molecule has 0 saturated carbocycles. The van der Waals surface area contributed by atoms with Crippen LogP contribution in [-0.4, -0.2) is 15.7 Å². The van der Waals surface area contributed by atoms with Crippen molar-refractivity contribution in [2.75, 3.05) is 0 Å². The molecule has 1 N–H and O–H groups in total. The number of hydrogen-bond donors (Lipinski definition) is 1. The van der Waals surface area contributed by atoms with E-state index in [4.69, 9.17) is 0 Å². The molecule has 0 aliphatic heterocycles. The second-order valence-corrected chi connectivity index (χ2v) is 6.45. The summed E-state index contributed by atoms with van der Waals surface area (Å²) in [5.41, 5.74) is 2.92. The molecule has 1 amide bonds. The van der Waals surface area contributed by atoms with E-state index in [0.29, 0.717) is 24.1 Å². The van der Waals surface area contributed by atoms with Gasteiger partial charge in [-0.05, 0) is 49.1 Å². The number of nitrogens with zero attached hydrogens (tertiary/aromatic N) is 2. The van der Waals surface area contributed by atoms with Gasteiger partial charge >= 0.3 is 0 Å². The Bertz CT molecular complexity index is 1030. The van der Waals surface area contributed by atoms with Crippen molar-refractivity contribution in [1.82, 2.24) is 15.1 Å². The average Bonchev–Trinajstić information content (AvgIpc) is 3.25. The fraction of sp³-hybridized carbons (Fsp3) is 0.200. The topological polar surface area (TPSA) is 46.9 Å². The molecule has 1 aromatic heterocycles. The van der Waals surface area contributed by atoms with Crippen LogP contribution in [0.5, 0.6) is 0 Å². The highest BCUT2D eigenvalue weighted by Gasteiger charge is 2.27. The molecule has 1 aliphatic rings. The maximum absolute atomic E-state index is 13.6. The molecule has 0 spiro atoms. The van der Waals surface area contributed by atoms with Crippen LogP contribution in [0.4, 0.5) is 13.2 Å². The monoisotopic (exact) mass is 371 g/mol. The summed E-state index contributed by atoms with van der Waals surface area (Å²) in [6.07, 6.45) is 2.27. The van der Waals surface area contributed by atoms with E-state index in [1.165, 1.54) is 22.9 Å². The predicted molar refractivity (Wildman–Crippen MR) is 93.1 cm³/mol. The second kappa shape index (κ2) is 6.90. The van der Waals surface area contributed by atoms with Crippen LogP contribution in [0.2, 0.25) is 0 Å². The fourth-order valence-electron chi connectivity index (χ4n) is 3.36. The quantitative estimate of drug-likeness (QED) is 0.760. The van der Waals surface area contributed by atoms with E-state index in [-0.39, 0.29) is 24.0 Å². The van der Waals surface area contributed by atoms with Gasteiger partial charge in [0.15, 0.2) is 17.3 Å². The van der Waals surface area contributed by atoms with Gasteiger partial charge in [0.2, 0.25) is 0 Å². The zero-order valence-corrected chi connectivity index (χ0v) is 14.3. The average molecular weight is 371 g/mol. The van der Waals surface area contributed by atoms with Crippen LogP contribution in [-0.2, 0) is 19.4 Å². The summed E-state index contributed by atoms with van der Waals surface area (Å²) in [5.74, 6) is -2.65. The molecule has 27 heavy (non-hydrogen) atoms. The van der Waals surface area contributed by atoms with E-state index in [0.717, 1.165) is 29.8 Å². The molecule has 0 fully saturated rings. The van der Waals surface area contributed by atoms with Crippen molar-refractivity contribution in [2.24, 2.45) is 0 Å². The summed E-state index contributed by atoms with van der Waals surface area (Å²) in [5, 5.41) is 7.09. The number of nitrogens with one attached hydrogen (secondary N) is 1. The number of carbonyl (C=O) groups excluding carboxylic acids is 1. The second-order valence-electron chi connectivity index (χ2n) is 6.45. The lowest BCUT2D eigenvalue weighted by molar-refractivity contribution is 0.0944. The third kappa shape index (κ3) is 3.32. The Morgan fingerprint density at radius 3 is 2.70 bits per heavy atom. The largest absolute Gasteiger partial charge is 0.347 e. The zero-order valence-electron chi connectivity index (χ0n) is 14.3. The minimum atomic E-state index is -0.966. The number of aromatic nitrogens is 2. The first-order chi connectivity index (χ1) is 13.0. The Morgan fingerprint density at radius 2 is 1.93 bits per heavy atom. The van der Waals surface area contributed by atoms with Crippen molar-refractivity contribution in [3.8, 4) is 5.69 Å². The van der Waals surface area contributed by atoms with Gasteiger partial charge in [0.05, 0.1) is 5.69 Å². The van der Waals surface area contributed by atoms with E-state index < -0.39 is 11.6 Å². The molecule has 7 heteroatoms. The number of hydrogen-bond acceptors (Lipinski definition) is 2. The van der Waals surface area contributed by atoms with Crippen molar-refractivity contribution in [2.45, 2.75) is 25.8 Å². The molecule has 0 atom stereocenters. The van der Waals surface area contributed by atoms with Crippen LogP contribution in [0.25, 0.3) is 5.69 Å². The molecule has 0 bridgehead atoms. The summed E-state index contributed by atoms with van der Waals surface area (Å²) < 4.78 is 41.6. The normalized spacial score (nSPS) is 12.9. The molecule has 2 aromatic carbocycles. The van der Waals surface area contributed by atoms with Crippen molar-refractivity contribution < 1.29 is 18.0 Å². The highest BCUT2D eigenvalue weighted by atomic mass is 19.2. The summed E-state index contributed by atoms with van der Waals surface area (Å²) >= 11 is 0. The first-order valence-electron chi connectivity index (χ1n) is 8.62. The SMILES string of the molecule is O=C(NCc1cccc(F)c1)c1nn(-c2ccc(F)c(F)c2)c2c1CCC2. The molecule has 4 rings (SSSR count). The van der Waals surface area contributed by atoms with Crippen LogP contribution in [0.1, 0.15) is 33.7 Å². The summed E-state index contributed by atoms with van der Waals surface area (Å²) in [4.78, 5) is 12.6. The molecule has 0 radical (unpaired) electrons. The number of fused-ring (bicyclic) bond motifs is 1. The predicted octanol–water partition coefficient (Wildman–Crippen LogP) is 3.71. The van der Waals surface area contributed by atoms with Crippen LogP contribution >= 0.6 is 0 Å². The van der Waals surface area contributed by atoms with Gasteiger partial charge in [-0.2, -0.15) is 5.10 Å². The molecule has 0 saturated heterocycles. The molecule has 1 aliphatic carbocycles. The highest BCUT2D eigenvalue weighted by molar-refractivity contribution is 5.94. The summed E-state index contributed by atoms with van der Waals surface area (Å²) in [6.45, 7) is 0.170. The van der Waals surface area contributed by atoms with Gasteiger partial charge in [0.25, 0.3) is 5.91 Å². The van der Waals surface area contributed by atoms with Gasteiger partial charge in [-0.25, -0.2) is 17.9 Å². The van der Waals surface area contributed by atoms with Crippen LogP contribution < -0.4 is 5.32 Å². The number of carbonyl (C=O) groups is 1.